The van der Waals surface area contributed by atoms with E-state index in [2.05, 4.69) is 4.98 Å². The van der Waals surface area contributed by atoms with Crippen LogP contribution in [0.15, 0.2) is 24.4 Å². The minimum atomic E-state index is -0.413. The van der Waals surface area contributed by atoms with Crippen LogP contribution < -0.4 is 0 Å². The van der Waals surface area contributed by atoms with E-state index in [9.17, 15) is 8.78 Å². The number of alkyl halides is 1. The number of hydrogen-bond acceptors (Lipinski definition) is 0. The molecule has 0 unspecified atom stereocenters. The van der Waals surface area contributed by atoms with Crippen molar-refractivity contribution >= 4 is 10.9 Å². The lowest BCUT2D eigenvalue weighted by Gasteiger charge is -1.94. The summed E-state index contributed by atoms with van der Waals surface area (Å²) in [5, 5.41) is 0.776. The monoisotopic (exact) mass is 181 g/mol. The molecule has 1 aromatic heterocycles. The molecule has 2 rings (SSSR count). The zero-order valence-electron chi connectivity index (χ0n) is 6.98. The topological polar surface area (TPSA) is 15.8 Å². The molecular formula is C10H9F2N. The second kappa shape index (κ2) is 3.17. The van der Waals surface area contributed by atoms with Crippen molar-refractivity contribution in [3.8, 4) is 0 Å². The van der Waals surface area contributed by atoms with E-state index in [0.29, 0.717) is 11.9 Å². The molecule has 1 nitrogen and oxygen atoms in total. The molecule has 2 aromatic rings. The van der Waals surface area contributed by atoms with Gasteiger partial charge in [0.1, 0.15) is 5.82 Å². The van der Waals surface area contributed by atoms with Crippen molar-refractivity contribution in [3.63, 3.8) is 0 Å². The first-order valence-electron chi connectivity index (χ1n) is 4.13. The lowest BCUT2D eigenvalue weighted by atomic mass is 10.1. The number of nitrogens with one attached hydrogen (secondary N) is 1. The zero-order valence-corrected chi connectivity index (χ0v) is 6.98. The Morgan fingerprint density at radius 3 is 2.92 bits per heavy atom. The molecule has 68 valence electrons. The summed E-state index contributed by atoms with van der Waals surface area (Å²) in [6, 6.07) is 4.81. The van der Waals surface area contributed by atoms with Crippen molar-refractivity contribution in [3.05, 3.63) is 35.8 Å². The molecule has 0 atom stereocenters. The molecule has 0 bridgehead atoms. The molecule has 1 aromatic carbocycles. The fraction of sp³-hybridized carbons (Fsp3) is 0.200. The Bertz CT molecular complexity index is 420. The van der Waals surface area contributed by atoms with Crippen molar-refractivity contribution in [2.75, 3.05) is 6.67 Å². The Kier molecular flexibility index (Phi) is 2.00. The highest BCUT2D eigenvalue weighted by Crippen LogP contribution is 2.20. The van der Waals surface area contributed by atoms with Crippen LogP contribution in [0.1, 0.15) is 5.56 Å². The molecule has 0 saturated carbocycles. The van der Waals surface area contributed by atoms with Gasteiger partial charge in [-0.05, 0) is 11.6 Å². The standard InChI is InChI=1S/C10H9F2N/c11-5-4-7-6-13-10-8(7)2-1-3-9(10)12/h1-3,6,13H,4-5H2. The van der Waals surface area contributed by atoms with Crippen molar-refractivity contribution in [1.29, 1.82) is 0 Å². The van der Waals surface area contributed by atoms with Gasteiger partial charge in [-0.1, -0.05) is 12.1 Å². The predicted octanol–water partition coefficient (Wildman–Crippen LogP) is 2.82. The summed E-state index contributed by atoms with van der Waals surface area (Å²) >= 11 is 0. The van der Waals surface area contributed by atoms with E-state index < -0.39 is 6.67 Å². The van der Waals surface area contributed by atoms with Crippen LogP contribution in [-0.2, 0) is 6.42 Å². The highest BCUT2D eigenvalue weighted by Gasteiger charge is 2.05. The Labute approximate surface area is 74.4 Å². The first-order chi connectivity index (χ1) is 6.33. The summed E-state index contributed by atoms with van der Waals surface area (Å²) in [5.41, 5.74) is 1.29. The van der Waals surface area contributed by atoms with Gasteiger partial charge in [0.15, 0.2) is 0 Å². The summed E-state index contributed by atoms with van der Waals surface area (Å²) < 4.78 is 25.2. The molecular weight excluding hydrogens is 172 g/mol. The molecule has 0 aliphatic rings. The van der Waals surface area contributed by atoms with Crippen LogP contribution in [0.25, 0.3) is 10.9 Å². The van der Waals surface area contributed by atoms with Gasteiger partial charge in [0.05, 0.1) is 12.2 Å². The van der Waals surface area contributed by atoms with Crippen molar-refractivity contribution in [1.82, 2.24) is 4.98 Å². The van der Waals surface area contributed by atoms with Crippen LogP contribution in [0.2, 0.25) is 0 Å². The quantitative estimate of drug-likeness (QED) is 0.733. The average molecular weight is 181 g/mol. The van der Waals surface area contributed by atoms with Crippen LogP contribution in [0.4, 0.5) is 8.78 Å². The lowest BCUT2D eigenvalue weighted by Crippen LogP contribution is -1.83. The van der Waals surface area contributed by atoms with Gasteiger partial charge in [-0.2, -0.15) is 0 Å². The first kappa shape index (κ1) is 8.23. The number of aryl methyl sites for hydroxylation is 1. The van der Waals surface area contributed by atoms with E-state index in [4.69, 9.17) is 0 Å². The molecule has 0 aliphatic carbocycles. The van der Waals surface area contributed by atoms with Crippen LogP contribution in [0.3, 0.4) is 0 Å². The molecule has 0 saturated heterocycles. The minimum absolute atomic E-state index is 0.289. The van der Waals surface area contributed by atoms with E-state index in [-0.39, 0.29) is 5.82 Å². The van der Waals surface area contributed by atoms with Crippen LogP contribution in [0, 0.1) is 5.82 Å². The van der Waals surface area contributed by atoms with Gasteiger partial charge in [-0.3, -0.25) is 4.39 Å². The van der Waals surface area contributed by atoms with Gasteiger partial charge in [0, 0.05) is 18.0 Å². The molecule has 0 aliphatic heterocycles. The Balaban J connectivity index is 2.61. The van der Waals surface area contributed by atoms with Gasteiger partial charge in [0.2, 0.25) is 0 Å². The fourth-order valence-corrected chi connectivity index (χ4v) is 1.48. The number of halogens is 2. The fourth-order valence-electron chi connectivity index (χ4n) is 1.48. The predicted molar refractivity (Wildman–Crippen MR) is 47.9 cm³/mol. The van der Waals surface area contributed by atoms with Gasteiger partial charge < -0.3 is 4.98 Å². The van der Waals surface area contributed by atoms with E-state index >= 15 is 0 Å². The van der Waals surface area contributed by atoms with Gasteiger partial charge in [-0.15, -0.1) is 0 Å². The lowest BCUT2D eigenvalue weighted by molar-refractivity contribution is 0.496. The number of rotatable bonds is 2. The van der Waals surface area contributed by atoms with Gasteiger partial charge in [-0.25, -0.2) is 4.39 Å². The smallest absolute Gasteiger partial charge is 0.147 e. The number of aromatic amines is 1. The van der Waals surface area contributed by atoms with Crippen molar-refractivity contribution in [2.24, 2.45) is 0 Å². The maximum Gasteiger partial charge on any atom is 0.147 e. The summed E-state index contributed by atoms with van der Waals surface area (Å²) in [4.78, 5) is 2.80. The average Bonchev–Trinajstić information content (AvgIpc) is 2.51. The third-order valence-electron chi connectivity index (χ3n) is 2.11. The Hall–Kier alpha value is -1.38. The second-order valence-electron chi connectivity index (χ2n) is 2.92. The molecule has 0 spiro atoms. The van der Waals surface area contributed by atoms with Crippen molar-refractivity contribution < 1.29 is 8.78 Å². The maximum atomic E-state index is 13.1. The molecule has 1 N–H and O–H groups in total. The summed E-state index contributed by atoms with van der Waals surface area (Å²) in [6.07, 6.45) is 2.00. The number of hydrogen-bond donors (Lipinski definition) is 1. The molecule has 3 heteroatoms. The normalized spacial score (nSPS) is 10.9. The summed E-state index contributed by atoms with van der Waals surface area (Å²) in [6.45, 7) is -0.413. The maximum absolute atomic E-state index is 13.1. The number of para-hydroxylation sites is 1. The molecule has 0 radical (unpaired) electrons. The first-order valence-corrected chi connectivity index (χ1v) is 4.13. The Morgan fingerprint density at radius 1 is 1.31 bits per heavy atom. The number of fused-ring (bicyclic) bond motifs is 1. The highest BCUT2D eigenvalue weighted by molar-refractivity contribution is 5.83. The van der Waals surface area contributed by atoms with E-state index in [1.807, 2.05) is 0 Å². The molecule has 1 heterocycles. The number of H-pyrrole nitrogens is 1. The van der Waals surface area contributed by atoms with Crippen LogP contribution >= 0.6 is 0 Å². The summed E-state index contributed by atoms with van der Waals surface area (Å²) in [7, 11) is 0. The third kappa shape index (κ3) is 1.30. The van der Waals surface area contributed by atoms with E-state index in [0.717, 1.165) is 10.9 Å². The second-order valence-corrected chi connectivity index (χ2v) is 2.92. The zero-order chi connectivity index (χ0) is 9.26. The van der Waals surface area contributed by atoms with Crippen LogP contribution in [-0.4, -0.2) is 11.7 Å². The minimum Gasteiger partial charge on any atom is -0.359 e. The molecule has 13 heavy (non-hydrogen) atoms. The Morgan fingerprint density at radius 2 is 2.15 bits per heavy atom. The van der Waals surface area contributed by atoms with E-state index in [1.165, 1.54) is 6.07 Å². The SMILES string of the molecule is FCCc1c[nH]c2c(F)cccc12. The molecule has 0 amide bonds. The largest absolute Gasteiger partial charge is 0.359 e. The van der Waals surface area contributed by atoms with E-state index in [1.54, 1.807) is 18.3 Å². The number of aromatic nitrogens is 1. The third-order valence-corrected chi connectivity index (χ3v) is 2.11. The number of benzene rings is 1. The van der Waals surface area contributed by atoms with Crippen LogP contribution in [0.5, 0.6) is 0 Å². The van der Waals surface area contributed by atoms with Crippen molar-refractivity contribution in [2.45, 2.75) is 6.42 Å². The summed E-state index contributed by atoms with van der Waals surface area (Å²) in [5.74, 6) is -0.289. The molecule has 0 fully saturated rings. The van der Waals surface area contributed by atoms with Gasteiger partial charge >= 0.3 is 0 Å². The van der Waals surface area contributed by atoms with Gasteiger partial charge in [0.25, 0.3) is 0 Å². The highest BCUT2D eigenvalue weighted by atomic mass is 19.1.